The van der Waals surface area contributed by atoms with Crippen LogP contribution in [0.25, 0.3) is 10.8 Å². The predicted molar refractivity (Wildman–Crippen MR) is 113 cm³/mol. The Morgan fingerprint density at radius 1 is 1.00 bits per heavy atom. The molecule has 0 radical (unpaired) electrons. The Morgan fingerprint density at radius 3 is 2.48 bits per heavy atom. The number of benzene rings is 3. The molecule has 0 aliphatic heterocycles. The van der Waals surface area contributed by atoms with Crippen molar-refractivity contribution in [2.45, 2.75) is 24.7 Å². The molecule has 0 spiro atoms. The van der Waals surface area contributed by atoms with Gasteiger partial charge in [-0.25, -0.2) is 13.2 Å². The highest BCUT2D eigenvalue weighted by molar-refractivity contribution is 7.92. The lowest BCUT2D eigenvalue weighted by Gasteiger charge is -2.12. The standard InChI is InChI=1S/C22H23NO5S/c1-3-4-13-28-18-11-9-17-15-19(12-10-16(17)14-18)29(25,26)23-21-8-6-5-7-20(21)22(24)27-2/h5-12,14-15,23H,3-4,13H2,1-2H3. The van der Waals surface area contributed by atoms with E-state index in [-0.39, 0.29) is 16.1 Å². The molecular weight excluding hydrogens is 390 g/mol. The van der Waals surface area contributed by atoms with Gasteiger partial charge in [-0.05, 0) is 53.6 Å². The number of ether oxygens (including phenoxy) is 2. The first kappa shape index (κ1) is 20.7. The molecule has 0 aliphatic rings. The summed E-state index contributed by atoms with van der Waals surface area (Å²) in [7, 11) is -2.64. The number of carbonyl (C=O) groups is 1. The topological polar surface area (TPSA) is 81.7 Å². The van der Waals surface area contributed by atoms with Crippen LogP contribution in [0.3, 0.4) is 0 Å². The highest BCUT2D eigenvalue weighted by Gasteiger charge is 2.19. The summed E-state index contributed by atoms with van der Waals surface area (Å²) in [5, 5.41) is 1.66. The minimum atomic E-state index is -3.89. The molecule has 7 heteroatoms. The van der Waals surface area contributed by atoms with E-state index in [1.165, 1.54) is 25.3 Å². The third-order valence-corrected chi connectivity index (χ3v) is 5.80. The molecule has 0 fully saturated rings. The maximum Gasteiger partial charge on any atom is 0.339 e. The minimum absolute atomic E-state index is 0.101. The van der Waals surface area contributed by atoms with Crippen molar-refractivity contribution in [1.29, 1.82) is 0 Å². The number of hydrogen-bond acceptors (Lipinski definition) is 5. The molecule has 152 valence electrons. The smallest absolute Gasteiger partial charge is 0.339 e. The molecule has 0 saturated heterocycles. The number of esters is 1. The van der Waals surface area contributed by atoms with Crippen molar-refractivity contribution in [3.63, 3.8) is 0 Å². The number of carbonyl (C=O) groups excluding carboxylic acids is 1. The van der Waals surface area contributed by atoms with Gasteiger partial charge in [0, 0.05) is 0 Å². The Kier molecular flexibility index (Phi) is 6.39. The van der Waals surface area contributed by atoms with Crippen molar-refractivity contribution in [2.24, 2.45) is 0 Å². The molecule has 3 aromatic carbocycles. The third-order valence-electron chi connectivity index (χ3n) is 4.44. The lowest BCUT2D eigenvalue weighted by atomic mass is 10.1. The van der Waals surface area contributed by atoms with Crippen molar-refractivity contribution in [2.75, 3.05) is 18.4 Å². The number of nitrogens with one attached hydrogen (secondary N) is 1. The summed E-state index contributed by atoms with van der Waals surface area (Å²) in [6, 6.07) is 16.7. The number of sulfonamides is 1. The van der Waals surface area contributed by atoms with Crippen LogP contribution in [0, 0.1) is 0 Å². The molecular formula is C22H23NO5S. The maximum atomic E-state index is 12.9. The fraction of sp³-hybridized carbons (Fsp3) is 0.227. The lowest BCUT2D eigenvalue weighted by molar-refractivity contribution is 0.0602. The van der Waals surface area contributed by atoms with E-state index in [1.54, 1.807) is 24.3 Å². The fourth-order valence-electron chi connectivity index (χ4n) is 2.86. The summed E-state index contributed by atoms with van der Waals surface area (Å²) in [6.07, 6.45) is 2.04. The van der Waals surface area contributed by atoms with Crippen LogP contribution >= 0.6 is 0 Å². The molecule has 0 amide bonds. The average molecular weight is 413 g/mol. The summed E-state index contributed by atoms with van der Waals surface area (Å²) >= 11 is 0. The summed E-state index contributed by atoms with van der Waals surface area (Å²) < 4.78 is 38.6. The van der Waals surface area contributed by atoms with Gasteiger partial charge in [0.05, 0.1) is 29.9 Å². The van der Waals surface area contributed by atoms with Gasteiger partial charge in [0.15, 0.2) is 0 Å². The van der Waals surface area contributed by atoms with E-state index < -0.39 is 16.0 Å². The second-order valence-corrected chi connectivity index (χ2v) is 8.20. The highest BCUT2D eigenvalue weighted by Crippen LogP contribution is 2.26. The molecule has 0 saturated carbocycles. The first-order chi connectivity index (χ1) is 13.9. The third kappa shape index (κ3) is 4.86. The molecule has 0 bridgehead atoms. The predicted octanol–water partition coefficient (Wildman–Crippen LogP) is 4.61. The molecule has 29 heavy (non-hydrogen) atoms. The Hall–Kier alpha value is -3.06. The highest BCUT2D eigenvalue weighted by atomic mass is 32.2. The first-order valence-corrected chi connectivity index (χ1v) is 10.8. The quantitative estimate of drug-likeness (QED) is 0.431. The van der Waals surface area contributed by atoms with Crippen molar-refractivity contribution in [3.05, 3.63) is 66.2 Å². The van der Waals surface area contributed by atoms with Gasteiger partial charge in [0.1, 0.15) is 5.75 Å². The molecule has 1 N–H and O–H groups in total. The number of anilines is 1. The van der Waals surface area contributed by atoms with Gasteiger partial charge in [-0.2, -0.15) is 0 Å². The minimum Gasteiger partial charge on any atom is -0.494 e. The number of hydrogen-bond donors (Lipinski definition) is 1. The Labute approximate surface area is 170 Å². The van der Waals surface area contributed by atoms with Crippen LogP contribution < -0.4 is 9.46 Å². The Balaban J connectivity index is 1.88. The molecule has 0 heterocycles. The van der Waals surface area contributed by atoms with E-state index in [1.807, 2.05) is 18.2 Å². The van der Waals surface area contributed by atoms with E-state index in [4.69, 9.17) is 9.47 Å². The fourth-order valence-corrected chi connectivity index (χ4v) is 3.97. The number of rotatable bonds is 8. The SMILES string of the molecule is CCCCOc1ccc2cc(S(=O)(=O)Nc3ccccc3C(=O)OC)ccc2c1. The number of para-hydroxylation sites is 1. The molecule has 6 nitrogen and oxygen atoms in total. The lowest BCUT2D eigenvalue weighted by Crippen LogP contribution is -2.16. The van der Waals surface area contributed by atoms with Crippen LogP contribution in [-0.4, -0.2) is 28.1 Å². The average Bonchev–Trinajstić information content (AvgIpc) is 2.73. The van der Waals surface area contributed by atoms with Gasteiger partial charge in [-0.15, -0.1) is 0 Å². The molecule has 0 aliphatic carbocycles. The van der Waals surface area contributed by atoms with Crippen LogP contribution in [0.15, 0.2) is 65.6 Å². The zero-order valence-corrected chi connectivity index (χ0v) is 17.2. The zero-order valence-electron chi connectivity index (χ0n) is 16.3. The van der Waals surface area contributed by atoms with Gasteiger partial charge in [0.25, 0.3) is 10.0 Å². The molecule has 0 unspecified atom stereocenters. The summed E-state index contributed by atoms with van der Waals surface area (Å²) in [5.41, 5.74) is 0.312. The van der Waals surface area contributed by atoms with Gasteiger partial charge >= 0.3 is 5.97 Å². The second-order valence-electron chi connectivity index (χ2n) is 6.52. The monoisotopic (exact) mass is 413 g/mol. The maximum absolute atomic E-state index is 12.9. The van der Waals surface area contributed by atoms with Crippen molar-refractivity contribution < 1.29 is 22.7 Å². The summed E-state index contributed by atoms with van der Waals surface area (Å²) in [5.74, 6) is 0.143. The Bertz CT molecular complexity index is 1130. The van der Waals surface area contributed by atoms with E-state index in [0.29, 0.717) is 6.61 Å². The van der Waals surface area contributed by atoms with Gasteiger partial charge < -0.3 is 9.47 Å². The molecule has 0 atom stereocenters. The number of unbranched alkanes of at least 4 members (excludes halogenated alkanes) is 1. The number of fused-ring (bicyclic) bond motifs is 1. The van der Waals surface area contributed by atoms with Crippen LogP contribution in [-0.2, 0) is 14.8 Å². The zero-order chi connectivity index (χ0) is 20.9. The van der Waals surface area contributed by atoms with Gasteiger partial charge in [-0.1, -0.05) is 37.6 Å². The molecule has 0 aromatic heterocycles. The van der Waals surface area contributed by atoms with E-state index in [9.17, 15) is 13.2 Å². The van der Waals surface area contributed by atoms with Crippen LogP contribution in [0.5, 0.6) is 5.75 Å². The van der Waals surface area contributed by atoms with E-state index >= 15 is 0 Å². The summed E-state index contributed by atoms with van der Waals surface area (Å²) in [6.45, 7) is 2.75. The molecule has 3 rings (SSSR count). The normalized spacial score (nSPS) is 11.2. The largest absolute Gasteiger partial charge is 0.494 e. The van der Waals surface area contributed by atoms with Crippen LogP contribution in [0.2, 0.25) is 0 Å². The molecule has 3 aromatic rings. The van der Waals surface area contributed by atoms with Crippen molar-refractivity contribution in [3.8, 4) is 5.75 Å². The van der Waals surface area contributed by atoms with Gasteiger partial charge in [-0.3, -0.25) is 4.72 Å². The van der Waals surface area contributed by atoms with Crippen LogP contribution in [0.1, 0.15) is 30.1 Å². The first-order valence-electron chi connectivity index (χ1n) is 9.31. The number of methoxy groups -OCH3 is 1. The van der Waals surface area contributed by atoms with Crippen LogP contribution in [0.4, 0.5) is 5.69 Å². The van der Waals surface area contributed by atoms with Crippen molar-refractivity contribution in [1.82, 2.24) is 0 Å². The second kappa shape index (κ2) is 8.96. The Morgan fingerprint density at radius 2 is 1.72 bits per heavy atom. The van der Waals surface area contributed by atoms with E-state index in [2.05, 4.69) is 11.6 Å². The summed E-state index contributed by atoms with van der Waals surface area (Å²) in [4.78, 5) is 12.0. The van der Waals surface area contributed by atoms with Crippen molar-refractivity contribution >= 4 is 32.5 Å². The van der Waals surface area contributed by atoms with E-state index in [0.717, 1.165) is 29.4 Å². The van der Waals surface area contributed by atoms with Gasteiger partial charge in [0.2, 0.25) is 0 Å².